The van der Waals surface area contributed by atoms with Crippen molar-refractivity contribution >= 4 is 29.3 Å². The third-order valence-electron chi connectivity index (χ3n) is 6.73. The molecule has 2 saturated heterocycles. The summed E-state index contributed by atoms with van der Waals surface area (Å²) in [6, 6.07) is 15.1. The summed E-state index contributed by atoms with van der Waals surface area (Å²) in [4.78, 5) is 28.2. The van der Waals surface area contributed by atoms with Gasteiger partial charge < -0.3 is 33.9 Å². The van der Waals surface area contributed by atoms with Crippen LogP contribution in [0.2, 0.25) is 5.02 Å². The summed E-state index contributed by atoms with van der Waals surface area (Å²) in [5.41, 5.74) is 0.592. The minimum Gasteiger partial charge on any atom is -0.485 e. The number of hydrogen-bond donors (Lipinski definition) is 1. The van der Waals surface area contributed by atoms with Gasteiger partial charge in [-0.15, -0.1) is 0 Å². The van der Waals surface area contributed by atoms with Gasteiger partial charge in [-0.05, 0) is 70.0 Å². The van der Waals surface area contributed by atoms with Crippen LogP contribution in [0.15, 0.2) is 54.6 Å². The van der Waals surface area contributed by atoms with Gasteiger partial charge in [-0.25, -0.2) is 4.79 Å². The first-order valence-electron chi connectivity index (χ1n) is 13.0. The number of para-hydroxylation sites is 1. The van der Waals surface area contributed by atoms with Gasteiger partial charge in [0.25, 0.3) is 0 Å². The summed E-state index contributed by atoms with van der Waals surface area (Å²) >= 11 is 6.02. The molecule has 2 aromatic carbocycles. The molecule has 204 valence electrons. The fourth-order valence-electron chi connectivity index (χ4n) is 5.03. The summed E-state index contributed by atoms with van der Waals surface area (Å²) in [5, 5.41) is 3.51. The molecule has 2 amide bonds. The Hall–Kier alpha value is -2.85. The number of anilines is 1. The quantitative estimate of drug-likeness (QED) is 0.445. The fourth-order valence-corrected chi connectivity index (χ4v) is 5.15. The number of halogens is 1. The summed E-state index contributed by atoms with van der Waals surface area (Å²) in [5.74, 6) is -0.667. The lowest BCUT2D eigenvalue weighted by Gasteiger charge is -2.38. The maximum atomic E-state index is 13.7. The van der Waals surface area contributed by atoms with E-state index in [2.05, 4.69) is 5.32 Å². The number of ether oxygens (including phenoxy) is 5. The molecule has 5 rings (SSSR count). The van der Waals surface area contributed by atoms with E-state index in [4.69, 9.17) is 35.3 Å². The third kappa shape index (κ3) is 6.07. The molecule has 9 nitrogen and oxygen atoms in total. The molecule has 3 aliphatic rings. The Labute approximate surface area is 227 Å². The maximum Gasteiger partial charge on any atom is 0.322 e. The second kappa shape index (κ2) is 11.1. The van der Waals surface area contributed by atoms with Crippen LogP contribution >= 0.6 is 11.6 Å². The highest BCUT2D eigenvalue weighted by Gasteiger charge is 2.60. The number of nitrogens with zero attached hydrogens (tertiary/aromatic N) is 1. The Kier molecular flexibility index (Phi) is 7.81. The zero-order valence-electron chi connectivity index (χ0n) is 21.7. The van der Waals surface area contributed by atoms with Crippen LogP contribution in [-0.2, 0) is 23.7 Å². The lowest BCUT2D eigenvalue weighted by Crippen LogP contribution is -2.56. The number of nitrogens with one attached hydrogen (secondary N) is 1. The lowest BCUT2D eigenvalue weighted by molar-refractivity contribution is -0.220. The van der Waals surface area contributed by atoms with E-state index in [1.54, 1.807) is 36.1 Å². The molecule has 0 radical (unpaired) electrons. The van der Waals surface area contributed by atoms with Crippen molar-refractivity contribution in [3.8, 4) is 5.75 Å². The standard InChI is InChI=1S/C28H33ClN2O7/c1-4-34-22(32)16-21(31(19-14-15-19)27(33)30-18-12-10-17(29)11-13-18)23-24(35-20-8-6-5-7-9-20)25-26(36-23)38-28(2,3)37-25/h5-13,19,21,23-26H,4,14-16H2,1-3H3,(H,30,33)/t21?,23-,24-,25+,26+/m0/s1. The van der Waals surface area contributed by atoms with Gasteiger partial charge in [0.05, 0.1) is 19.1 Å². The molecule has 0 aromatic heterocycles. The molecule has 1 aliphatic carbocycles. The minimum absolute atomic E-state index is 0.0542. The molecule has 1 saturated carbocycles. The number of hydrogen-bond acceptors (Lipinski definition) is 7. The largest absolute Gasteiger partial charge is 0.485 e. The highest BCUT2D eigenvalue weighted by Crippen LogP contribution is 2.43. The van der Waals surface area contributed by atoms with E-state index in [1.807, 2.05) is 44.2 Å². The minimum atomic E-state index is -0.864. The van der Waals surface area contributed by atoms with Crippen molar-refractivity contribution in [3.05, 3.63) is 59.6 Å². The topological polar surface area (TPSA) is 95.6 Å². The summed E-state index contributed by atoms with van der Waals surface area (Å²) < 4.78 is 30.3. The molecule has 2 aromatic rings. The van der Waals surface area contributed by atoms with Crippen LogP contribution in [0.3, 0.4) is 0 Å². The Balaban J connectivity index is 1.47. The van der Waals surface area contributed by atoms with Crippen LogP contribution in [-0.4, -0.2) is 66.0 Å². The molecule has 3 fully saturated rings. The number of esters is 1. The second-order valence-electron chi connectivity index (χ2n) is 10.1. The molecule has 1 unspecified atom stereocenters. The van der Waals surface area contributed by atoms with Crippen LogP contribution in [0, 0.1) is 0 Å². The third-order valence-corrected chi connectivity index (χ3v) is 6.98. The van der Waals surface area contributed by atoms with Gasteiger partial charge in [0, 0.05) is 16.8 Å². The molecule has 5 atom stereocenters. The van der Waals surface area contributed by atoms with Crippen molar-refractivity contribution in [3.63, 3.8) is 0 Å². The number of amides is 2. The van der Waals surface area contributed by atoms with E-state index in [1.165, 1.54) is 0 Å². The van der Waals surface area contributed by atoms with Crippen molar-refractivity contribution < 1.29 is 33.3 Å². The van der Waals surface area contributed by atoms with Crippen LogP contribution < -0.4 is 10.1 Å². The van der Waals surface area contributed by atoms with Crippen molar-refractivity contribution in [1.29, 1.82) is 0 Å². The van der Waals surface area contributed by atoms with E-state index >= 15 is 0 Å². The van der Waals surface area contributed by atoms with Gasteiger partial charge in [0.2, 0.25) is 0 Å². The molecule has 38 heavy (non-hydrogen) atoms. The number of rotatable bonds is 9. The zero-order valence-corrected chi connectivity index (χ0v) is 22.4. The highest BCUT2D eigenvalue weighted by atomic mass is 35.5. The first-order valence-corrected chi connectivity index (χ1v) is 13.3. The molecule has 2 heterocycles. The monoisotopic (exact) mass is 544 g/mol. The second-order valence-corrected chi connectivity index (χ2v) is 10.6. The number of urea groups is 1. The van der Waals surface area contributed by atoms with E-state index in [-0.39, 0.29) is 25.1 Å². The number of carbonyl (C=O) groups is 2. The smallest absolute Gasteiger partial charge is 0.322 e. The summed E-state index contributed by atoms with van der Waals surface area (Å²) in [7, 11) is 0. The average molecular weight is 545 g/mol. The van der Waals surface area contributed by atoms with E-state index < -0.39 is 42.4 Å². The molecule has 0 spiro atoms. The summed E-state index contributed by atoms with van der Waals surface area (Å²) in [6.07, 6.45) is -1.07. The maximum absolute atomic E-state index is 13.7. The predicted octanol–water partition coefficient (Wildman–Crippen LogP) is 4.98. The lowest BCUT2D eigenvalue weighted by atomic mass is 9.98. The van der Waals surface area contributed by atoms with Gasteiger partial charge in [-0.2, -0.15) is 0 Å². The van der Waals surface area contributed by atoms with Crippen molar-refractivity contribution in [2.75, 3.05) is 11.9 Å². The molecule has 0 bridgehead atoms. The number of fused-ring (bicyclic) bond motifs is 1. The SMILES string of the molecule is CCOC(=O)CC([C@@H]1O[C@@H]2OC(C)(C)O[C@@H]2[C@H]1Oc1ccccc1)N(C(=O)Nc1ccc(Cl)cc1)C1CC1. The van der Waals surface area contributed by atoms with E-state index in [0.29, 0.717) is 16.5 Å². The molecule has 2 aliphatic heterocycles. The van der Waals surface area contributed by atoms with Crippen molar-refractivity contribution in [1.82, 2.24) is 4.90 Å². The van der Waals surface area contributed by atoms with E-state index in [9.17, 15) is 9.59 Å². The van der Waals surface area contributed by atoms with Crippen LogP contribution in [0.5, 0.6) is 5.75 Å². The average Bonchev–Trinajstić information content (AvgIpc) is 3.59. The van der Waals surface area contributed by atoms with Crippen molar-refractivity contribution in [2.24, 2.45) is 0 Å². The molecular formula is C28H33ClN2O7. The molecule has 1 N–H and O–H groups in total. The van der Waals surface area contributed by atoms with Crippen LogP contribution in [0.25, 0.3) is 0 Å². The summed E-state index contributed by atoms with van der Waals surface area (Å²) in [6.45, 7) is 5.61. The van der Waals surface area contributed by atoms with Gasteiger partial charge in [-0.3, -0.25) is 4.79 Å². The van der Waals surface area contributed by atoms with Crippen LogP contribution in [0.1, 0.15) is 40.0 Å². The van der Waals surface area contributed by atoms with E-state index in [0.717, 1.165) is 12.8 Å². The number of benzene rings is 2. The zero-order chi connectivity index (χ0) is 26.9. The van der Waals surface area contributed by atoms with Gasteiger partial charge >= 0.3 is 12.0 Å². The normalized spacial score (nSPS) is 26.3. The predicted molar refractivity (Wildman–Crippen MR) is 140 cm³/mol. The van der Waals surface area contributed by atoms with Gasteiger partial charge in [0.1, 0.15) is 11.9 Å². The Morgan fingerprint density at radius 3 is 2.47 bits per heavy atom. The first-order chi connectivity index (χ1) is 18.2. The molecule has 10 heteroatoms. The van der Waals surface area contributed by atoms with Crippen LogP contribution in [0.4, 0.5) is 10.5 Å². The van der Waals surface area contributed by atoms with Crippen molar-refractivity contribution in [2.45, 2.75) is 82.5 Å². The Bertz CT molecular complexity index is 1130. The Morgan fingerprint density at radius 1 is 1.11 bits per heavy atom. The van der Waals surface area contributed by atoms with Gasteiger partial charge in [-0.1, -0.05) is 29.8 Å². The number of carbonyl (C=O) groups excluding carboxylic acids is 2. The molecular weight excluding hydrogens is 512 g/mol. The Morgan fingerprint density at radius 2 is 1.82 bits per heavy atom. The van der Waals surface area contributed by atoms with Gasteiger partial charge in [0.15, 0.2) is 24.3 Å². The highest BCUT2D eigenvalue weighted by molar-refractivity contribution is 6.30. The fraction of sp³-hybridized carbons (Fsp3) is 0.500. The first kappa shape index (κ1) is 26.7.